The molecule has 0 amide bonds. The maximum absolute atomic E-state index is 13.0. The average molecular weight is 330 g/mol. The summed E-state index contributed by atoms with van der Waals surface area (Å²) in [6.07, 6.45) is -1.79. The molecular weight excluding hydrogens is 316 g/mol. The average Bonchev–Trinajstić information content (AvgIpc) is 2.49. The van der Waals surface area contributed by atoms with Gasteiger partial charge in [0.05, 0.1) is 18.5 Å². The SMILES string of the molecule is Cc1ccc(C(O)(CO)C(F)F)cc1-c1cnc(N)c(Cl)n1. The highest BCUT2D eigenvalue weighted by Gasteiger charge is 2.39. The number of anilines is 1. The first-order valence-corrected chi connectivity index (χ1v) is 6.68. The highest BCUT2D eigenvalue weighted by molar-refractivity contribution is 6.31. The van der Waals surface area contributed by atoms with Crippen molar-refractivity contribution in [2.24, 2.45) is 0 Å². The third-order valence-electron chi connectivity index (χ3n) is 3.37. The Morgan fingerprint density at radius 3 is 2.64 bits per heavy atom. The van der Waals surface area contributed by atoms with Gasteiger partial charge in [0.2, 0.25) is 0 Å². The van der Waals surface area contributed by atoms with Gasteiger partial charge in [0.15, 0.2) is 16.6 Å². The predicted molar refractivity (Wildman–Crippen MR) is 78.6 cm³/mol. The van der Waals surface area contributed by atoms with Crippen molar-refractivity contribution in [1.29, 1.82) is 0 Å². The van der Waals surface area contributed by atoms with Gasteiger partial charge in [0.25, 0.3) is 6.43 Å². The van der Waals surface area contributed by atoms with Gasteiger partial charge >= 0.3 is 0 Å². The minimum absolute atomic E-state index is 0.00594. The number of aliphatic hydroxyl groups is 2. The first-order chi connectivity index (χ1) is 10.3. The standard InChI is InChI=1S/C14H14ClF2N3O2/c1-7-2-3-8(14(22,6-21)13(16)17)4-9(7)10-5-19-12(18)11(15)20-10/h2-5,13,21-22H,6H2,1H3,(H2,18,19). The number of nitrogens with zero attached hydrogens (tertiary/aromatic N) is 2. The molecule has 0 fully saturated rings. The van der Waals surface area contributed by atoms with E-state index in [2.05, 4.69) is 9.97 Å². The molecule has 1 unspecified atom stereocenters. The quantitative estimate of drug-likeness (QED) is 0.799. The second-order valence-electron chi connectivity index (χ2n) is 4.84. The Morgan fingerprint density at radius 2 is 2.09 bits per heavy atom. The molecule has 1 aromatic heterocycles. The van der Waals surface area contributed by atoms with Gasteiger partial charge in [-0.25, -0.2) is 18.7 Å². The van der Waals surface area contributed by atoms with Crippen LogP contribution in [0.4, 0.5) is 14.6 Å². The Kier molecular flexibility index (Phi) is 4.60. The largest absolute Gasteiger partial charge is 0.393 e. The normalized spacial score (nSPS) is 14.1. The smallest absolute Gasteiger partial charge is 0.273 e. The fraction of sp³-hybridized carbons (Fsp3) is 0.286. The summed E-state index contributed by atoms with van der Waals surface area (Å²) < 4.78 is 26.1. The summed E-state index contributed by atoms with van der Waals surface area (Å²) in [4.78, 5) is 7.91. The number of nitrogens with two attached hydrogens (primary N) is 1. The highest BCUT2D eigenvalue weighted by Crippen LogP contribution is 2.32. The molecule has 0 saturated heterocycles. The lowest BCUT2D eigenvalue weighted by Gasteiger charge is -2.26. The summed E-state index contributed by atoms with van der Waals surface area (Å²) in [5, 5.41) is 19.1. The number of hydrogen-bond donors (Lipinski definition) is 3. The molecule has 0 radical (unpaired) electrons. The summed E-state index contributed by atoms with van der Waals surface area (Å²) in [6, 6.07) is 4.20. The molecule has 5 nitrogen and oxygen atoms in total. The van der Waals surface area contributed by atoms with Crippen molar-refractivity contribution in [3.05, 3.63) is 40.7 Å². The minimum atomic E-state index is -3.14. The number of alkyl halides is 2. The van der Waals surface area contributed by atoms with E-state index in [1.54, 1.807) is 13.0 Å². The molecule has 2 rings (SSSR count). The van der Waals surface area contributed by atoms with Gasteiger partial charge in [0.1, 0.15) is 0 Å². The van der Waals surface area contributed by atoms with Gasteiger partial charge in [-0.2, -0.15) is 0 Å². The van der Waals surface area contributed by atoms with Crippen LogP contribution in [0.5, 0.6) is 0 Å². The summed E-state index contributed by atoms with van der Waals surface area (Å²) in [6.45, 7) is 0.632. The number of nitrogen functional groups attached to an aromatic ring is 1. The fourth-order valence-electron chi connectivity index (χ4n) is 1.96. The highest BCUT2D eigenvalue weighted by atomic mass is 35.5. The van der Waals surface area contributed by atoms with Gasteiger partial charge in [-0.05, 0) is 24.1 Å². The van der Waals surface area contributed by atoms with Crippen LogP contribution in [0.25, 0.3) is 11.3 Å². The number of aryl methyl sites for hydroxylation is 1. The molecule has 0 bridgehead atoms. The van der Waals surface area contributed by atoms with Gasteiger partial charge in [-0.3, -0.25) is 0 Å². The molecule has 1 atom stereocenters. The summed E-state index contributed by atoms with van der Waals surface area (Å²) in [5.74, 6) is 0.0543. The molecule has 0 aliphatic heterocycles. The summed E-state index contributed by atoms with van der Waals surface area (Å²) in [7, 11) is 0. The fourth-order valence-corrected chi connectivity index (χ4v) is 2.10. The van der Waals surface area contributed by atoms with Crippen LogP contribution in [0.3, 0.4) is 0 Å². The zero-order valence-corrected chi connectivity index (χ0v) is 12.3. The third-order valence-corrected chi connectivity index (χ3v) is 3.65. The Hall–Kier alpha value is -1.83. The Balaban J connectivity index is 2.58. The molecule has 1 aromatic carbocycles. The van der Waals surface area contributed by atoms with Crippen LogP contribution < -0.4 is 5.73 Å². The van der Waals surface area contributed by atoms with Crippen molar-refractivity contribution in [1.82, 2.24) is 9.97 Å². The van der Waals surface area contributed by atoms with E-state index in [0.29, 0.717) is 16.8 Å². The molecule has 0 spiro atoms. The molecule has 8 heteroatoms. The van der Waals surface area contributed by atoms with Gasteiger partial charge < -0.3 is 15.9 Å². The van der Waals surface area contributed by atoms with Crippen molar-refractivity contribution >= 4 is 17.4 Å². The lowest BCUT2D eigenvalue weighted by Crippen LogP contribution is -2.38. The third kappa shape index (κ3) is 2.87. The predicted octanol–water partition coefficient (Wildman–Crippen LogP) is 2.13. The van der Waals surface area contributed by atoms with Crippen LogP contribution in [0, 0.1) is 6.92 Å². The monoisotopic (exact) mass is 329 g/mol. The summed E-state index contributed by atoms with van der Waals surface area (Å²) >= 11 is 5.82. The first kappa shape index (κ1) is 16.5. The van der Waals surface area contributed by atoms with Gasteiger partial charge in [-0.1, -0.05) is 23.7 Å². The van der Waals surface area contributed by atoms with Crippen molar-refractivity contribution in [3.63, 3.8) is 0 Å². The van der Waals surface area contributed by atoms with E-state index in [1.165, 1.54) is 18.3 Å². The summed E-state index contributed by atoms with van der Waals surface area (Å²) in [5.41, 5.74) is 4.22. The van der Waals surface area contributed by atoms with Crippen molar-refractivity contribution in [3.8, 4) is 11.3 Å². The molecule has 118 valence electrons. The lowest BCUT2D eigenvalue weighted by molar-refractivity contribution is -0.129. The maximum atomic E-state index is 13.0. The maximum Gasteiger partial charge on any atom is 0.273 e. The van der Waals surface area contributed by atoms with E-state index < -0.39 is 18.6 Å². The molecule has 0 aliphatic carbocycles. The van der Waals surface area contributed by atoms with E-state index in [-0.39, 0.29) is 16.5 Å². The van der Waals surface area contributed by atoms with Gasteiger partial charge in [-0.15, -0.1) is 0 Å². The molecule has 22 heavy (non-hydrogen) atoms. The Morgan fingerprint density at radius 1 is 1.41 bits per heavy atom. The van der Waals surface area contributed by atoms with E-state index >= 15 is 0 Å². The Labute approximate surface area is 130 Å². The van der Waals surface area contributed by atoms with Crippen molar-refractivity contribution in [2.45, 2.75) is 19.0 Å². The van der Waals surface area contributed by atoms with Crippen LogP contribution >= 0.6 is 11.6 Å². The number of rotatable bonds is 4. The molecule has 4 N–H and O–H groups in total. The number of hydrogen-bond acceptors (Lipinski definition) is 5. The van der Waals surface area contributed by atoms with Crippen molar-refractivity contribution in [2.75, 3.05) is 12.3 Å². The molecular formula is C14H14ClF2N3O2. The van der Waals surface area contributed by atoms with Crippen LogP contribution in [0.15, 0.2) is 24.4 Å². The van der Waals surface area contributed by atoms with Crippen LogP contribution in [0.2, 0.25) is 5.15 Å². The van der Waals surface area contributed by atoms with E-state index in [1.807, 2.05) is 0 Å². The van der Waals surface area contributed by atoms with Crippen molar-refractivity contribution < 1.29 is 19.0 Å². The zero-order chi connectivity index (χ0) is 16.5. The van der Waals surface area contributed by atoms with E-state index in [9.17, 15) is 13.9 Å². The molecule has 1 heterocycles. The Bertz CT molecular complexity index is 700. The number of aromatic nitrogens is 2. The minimum Gasteiger partial charge on any atom is -0.393 e. The lowest BCUT2D eigenvalue weighted by atomic mass is 9.91. The van der Waals surface area contributed by atoms with Gasteiger partial charge in [0, 0.05) is 5.56 Å². The van der Waals surface area contributed by atoms with E-state index in [0.717, 1.165) is 0 Å². The van der Waals surface area contributed by atoms with Crippen LogP contribution in [-0.4, -0.2) is 33.2 Å². The molecule has 2 aromatic rings. The van der Waals surface area contributed by atoms with Crippen LogP contribution in [0.1, 0.15) is 11.1 Å². The topological polar surface area (TPSA) is 92.3 Å². The zero-order valence-electron chi connectivity index (χ0n) is 11.6. The second-order valence-corrected chi connectivity index (χ2v) is 5.20. The molecule has 0 saturated carbocycles. The van der Waals surface area contributed by atoms with E-state index in [4.69, 9.17) is 22.4 Å². The number of halogens is 3. The first-order valence-electron chi connectivity index (χ1n) is 6.30. The number of benzene rings is 1. The second kappa shape index (κ2) is 6.12. The molecule has 0 aliphatic rings. The van der Waals surface area contributed by atoms with Crippen LogP contribution in [-0.2, 0) is 5.60 Å². The number of aliphatic hydroxyl groups excluding tert-OH is 1.